The summed E-state index contributed by atoms with van der Waals surface area (Å²) in [5.74, 6) is 0.576. The quantitative estimate of drug-likeness (QED) is 0.369. The molecule has 0 spiro atoms. The lowest BCUT2D eigenvalue weighted by Crippen LogP contribution is -2.32. The van der Waals surface area contributed by atoms with Crippen LogP contribution in [0.2, 0.25) is 0 Å². The van der Waals surface area contributed by atoms with E-state index in [1.807, 2.05) is 74.8 Å². The van der Waals surface area contributed by atoms with Crippen LogP contribution < -0.4 is 10.2 Å². The Labute approximate surface area is 204 Å². The second-order valence-electron chi connectivity index (χ2n) is 9.07. The van der Waals surface area contributed by atoms with Crippen molar-refractivity contribution in [2.45, 2.75) is 19.1 Å². The monoisotopic (exact) mass is 468 g/mol. The fourth-order valence-corrected chi connectivity index (χ4v) is 4.62. The zero-order chi connectivity index (χ0) is 24.4. The van der Waals surface area contributed by atoms with Crippen LogP contribution in [-0.4, -0.2) is 42.9 Å². The lowest BCUT2D eigenvalue weighted by Gasteiger charge is -2.26. The minimum absolute atomic E-state index is 0.138. The lowest BCUT2D eigenvalue weighted by molar-refractivity contribution is 0.0722. The third-order valence-electron chi connectivity index (χ3n) is 6.30. The molecule has 6 nitrogen and oxygen atoms in total. The molecule has 35 heavy (non-hydrogen) atoms. The number of carbonyl (C=O) groups excluding carboxylic acids is 1. The van der Waals surface area contributed by atoms with Crippen molar-refractivity contribution in [3.63, 3.8) is 0 Å². The Balaban J connectivity index is 1.54. The molecule has 0 aliphatic carbocycles. The van der Waals surface area contributed by atoms with Gasteiger partial charge in [-0.05, 0) is 62.5 Å². The first-order valence-corrected chi connectivity index (χ1v) is 11.8. The summed E-state index contributed by atoms with van der Waals surface area (Å²) in [5, 5.41) is 0.482. The molecule has 0 radical (unpaired) electrons. The molecule has 4 aromatic rings. The van der Waals surface area contributed by atoms with Crippen molar-refractivity contribution in [1.29, 1.82) is 0 Å². The number of ether oxygens (including phenoxy) is 1. The molecule has 6 heteroatoms. The Kier molecular flexibility index (Phi) is 6.38. The molecule has 0 saturated heterocycles. The second kappa shape index (κ2) is 9.76. The van der Waals surface area contributed by atoms with E-state index in [2.05, 4.69) is 4.90 Å². The number of benzene rings is 3. The first-order chi connectivity index (χ1) is 17.0. The number of carbonyl (C=O) groups is 1. The molecule has 3 aromatic carbocycles. The molecular weight excluding hydrogens is 440 g/mol. The summed E-state index contributed by atoms with van der Waals surface area (Å²) in [4.78, 5) is 30.9. The minimum atomic E-state index is -0.527. The van der Waals surface area contributed by atoms with Crippen LogP contribution >= 0.6 is 0 Å². The highest BCUT2D eigenvalue weighted by Gasteiger charge is 2.42. The van der Waals surface area contributed by atoms with Gasteiger partial charge >= 0.3 is 0 Å². The lowest BCUT2D eigenvalue weighted by atomic mass is 9.98. The third kappa shape index (κ3) is 4.57. The van der Waals surface area contributed by atoms with Crippen molar-refractivity contribution >= 4 is 16.9 Å². The molecule has 0 unspecified atom stereocenters. The summed E-state index contributed by atoms with van der Waals surface area (Å²) in [5.41, 5.74) is 2.56. The summed E-state index contributed by atoms with van der Waals surface area (Å²) in [7, 11) is 4.01. The Morgan fingerprint density at radius 3 is 2.51 bits per heavy atom. The Morgan fingerprint density at radius 2 is 1.71 bits per heavy atom. The summed E-state index contributed by atoms with van der Waals surface area (Å²) < 4.78 is 12.1. The van der Waals surface area contributed by atoms with E-state index >= 15 is 0 Å². The van der Waals surface area contributed by atoms with E-state index in [4.69, 9.17) is 9.15 Å². The topological polar surface area (TPSA) is 63.0 Å². The van der Waals surface area contributed by atoms with Crippen LogP contribution in [0.15, 0.2) is 88.1 Å². The van der Waals surface area contributed by atoms with E-state index in [-0.39, 0.29) is 17.1 Å². The van der Waals surface area contributed by atoms with Gasteiger partial charge in [0.05, 0.1) is 17.0 Å². The smallest absolute Gasteiger partial charge is 0.290 e. The van der Waals surface area contributed by atoms with Crippen LogP contribution in [0.5, 0.6) is 5.75 Å². The highest BCUT2D eigenvalue weighted by atomic mass is 16.5. The van der Waals surface area contributed by atoms with E-state index in [0.717, 1.165) is 24.1 Å². The van der Waals surface area contributed by atoms with Crippen molar-refractivity contribution in [2.75, 3.05) is 27.2 Å². The standard InChI is InChI=1S/C29H28N2O4/c1-30(2)16-9-17-31-26(21-12-8-13-22(18-21)34-19-20-10-4-3-5-11-20)25-27(32)23-14-6-7-15-24(23)35-28(25)29(31)33/h3-8,10-15,18,26H,9,16-17,19H2,1-2H3/t26-/m0/s1. The maximum Gasteiger partial charge on any atom is 0.290 e. The van der Waals surface area contributed by atoms with Crippen LogP contribution in [0.1, 0.15) is 39.7 Å². The third-order valence-corrected chi connectivity index (χ3v) is 6.30. The summed E-state index contributed by atoms with van der Waals surface area (Å²) >= 11 is 0. The molecule has 0 bridgehead atoms. The zero-order valence-electron chi connectivity index (χ0n) is 19.9. The van der Waals surface area contributed by atoms with Gasteiger partial charge in [0.2, 0.25) is 5.76 Å². The van der Waals surface area contributed by atoms with Crippen LogP contribution in [-0.2, 0) is 6.61 Å². The zero-order valence-corrected chi connectivity index (χ0v) is 19.9. The van der Waals surface area contributed by atoms with Gasteiger partial charge in [-0.25, -0.2) is 0 Å². The molecule has 5 rings (SSSR count). The number of hydrogen-bond acceptors (Lipinski definition) is 5. The minimum Gasteiger partial charge on any atom is -0.489 e. The normalized spacial score (nSPS) is 15.1. The predicted octanol–water partition coefficient (Wildman–Crippen LogP) is 4.87. The average Bonchev–Trinajstić information content (AvgIpc) is 3.15. The maximum absolute atomic E-state index is 13.6. The fourth-order valence-electron chi connectivity index (χ4n) is 4.62. The molecule has 1 amide bonds. The Morgan fingerprint density at radius 1 is 0.943 bits per heavy atom. The van der Waals surface area contributed by atoms with Gasteiger partial charge in [-0.15, -0.1) is 0 Å². The van der Waals surface area contributed by atoms with Gasteiger partial charge in [0.25, 0.3) is 5.91 Å². The first kappa shape index (κ1) is 22.9. The van der Waals surface area contributed by atoms with Crippen LogP contribution in [0, 0.1) is 0 Å². The van der Waals surface area contributed by atoms with Crippen molar-refractivity contribution in [3.05, 3.63) is 112 Å². The number of amides is 1. The molecule has 0 fully saturated rings. The van der Waals surface area contributed by atoms with Crippen molar-refractivity contribution in [2.24, 2.45) is 0 Å². The number of para-hydroxylation sites is 1. The van der Waals surface area contributed by atoms with Gasteiger partial charge < -0.3 is 19.0 Å². The van der Waals surface area contributed by atoms with Gasteiger partial charge in [0, 0.05) is 6.54 Å². The molecule has 2 heterocycles. The highest BCUT2D eigenvalue weighted by Crippen LogP contribution is 2.39. The molecule has 0 N–H and O–H groups in total. The average molecular weight is 469 g/mol. The molecular formula is C29H28N2O4. The Hall–Kier alpha value is -3.90. The van der Waals surface area contributed by atoms with Gasteiger partial charge in [-0.1, -0.05) is 54.6 Å². The Bertz CT molecular complexity index is 1410. The molecule has 178 valence electrons. The second-order valence-corrected chi connectivity index (χ2v) is 9.07. The SMILES string of the molecule is CN(C)CCCN1C(=O)c2oc3ccccc3c(=O)c2[C@@H]1c1cccc(OCc2ccccc2)c1. The molecule has 1 aliphatic heterocycles. The highest BCUT2D eigenvalue weighted by molar-refractivity contribution is 5.99. The van der Waals surface area contributed by atoms with Gasteiger partial charge in [0.15, 0.2) is 5.43 Å². The molecule has 0 saturated carbocycles. The summed E-state index contributed by atoms with van der Waals surface area (Å²) in [6.45, 7) is 1.77. The van der Waals surface area contributed by atoms with Gasteiger partial charge in [-0.3, -0.25) is 9.59 Å². The molecule has 1 aliphatic rings. The number of fused-ring (bicyclic) bond motifs is 2. The molecule has 1 atom stereocenters. The van der Waals surface area contributed by atoms with Gasteiger partial charge in [0.1, 0.15) is 17.9 Å². The van der Waals surface area contributed by atoms with Crippen molar-refractivity contribution in [1.82, 2.24) is 9.80 Å². The number of rotatable bonds is 8. The van der Waals surface area contributed by atoms with Crippen LogP contribution in [0.4, 0.5) is 0 Å². The van der Waals surface area contributed by atoms with E-state index < -0.39 is 6.04 Å². The number of hydrogen-bond donors (Lipinski definition) is 0. The van der Waals surface area contributed by atoms with E-state index in [9.17, 15) is 9.59 Å². The fraction of sp³-hybridized carbons (Fsp3) is 0.241. The summed E-state index contributed by atoms with van der Waals surface area (Å²) in [6, 6.07) is 24.2. The first-order valence-electron chi connectivity index (χ1n) is 11.8. The molecule has 1 aromatic heterocycles. The van der Waals surface area contributed by atoms with Crippen molar-refractivity contribution in [3.8, 4) is 5.75 Å². The number of nitrogens with zero attached hydrogens (tertiary/aromatic N) is 2. The van der Waals surface area contributed by atoms with Crippen LogP contribution in [0.3, 0.4) is 0 Å². The largest absolute Gasteiger partial charge is 0.489 e. The summed E-state index contributed by atoms with van der Waals surface area (Å²) in [6.07, 6.45) is 0.779. The van der Waals surface area contributed by atoms with E-state index in [0.29, 0.717) is 35.4 Å². The van der Waals surface area contributed by atoms with Crippen molar-refractivity contribution < 1.29 is 13.9 Å². The van der Waals surface area contributed by atoms with Gasteiger partial charge in [-0.2, -0.15) is 0 Å². The maximum atomic E-state index is 13.6. The van der Waals surface area contributed by atoms with E-state index in [1.54, 1.807) is 23.1 Å². The van der Waals surface area contributed by atoms with E-state index in [1.165, 1.54) is 0 Å². The predicted molar refractivity (Wildman–Crippen MR) is 136 cm³/mol. The van der Waals surface area contributed by atoms with Crippen LogP contribution in [0.25, 0.3) is 11.0 Å².